The molecule has 1 atom stereocenters. The molecule has 30 heavy (non-hydrogen) atoms. The minimum absolute atomic E-state index is 0.0254. The average molecular weight is 430 g/mol. The number of amides is 2. The quantitative estimate of drug-likeness (QED) is 0.779. The van der Waals surface area contributed by atoms with E-state index in [9.17, 15) is 14.0 Å². The number of carbonyl (C=O) groups is 2. The Morgan fingerprint density at radius 2 is 1.77 bits per heavy atom. The highest BCUT2D eigenvalue weighted by atomic mass is 32.2. The molecule has 6 nitrogen and oxygen atoms in total. The smallest absolute Gasteiger partial charge is 0.407 e. The van der Waals surface area contributed by atoms with Gasteiger partial charge in [0.1, 0.15) is 16.5 Å². The molecule has 1 aliphatic heterocycles. The van der Waals surface area contributed by atoms with Gasteiger partial charge in [-0.25, -0.2) is 14.2 Å². The molecule has 0 saturated carbocycles. The summed E-state index contributed by atoms with van der Waals surface area (Å²) in [6, 6.07) is 15.5. The Balaban J connectivity index is 2.00. The van der Waals surface area contributed by atoms with Crippen molar-refractivity contribution in [1.29, 1.82) is 0 Å². The second-order valence-corrected chi connectivity index (χ2v) is 9.09. The van der Waals surface area contributed by atoms with Crippen LogP contribution in [0, 0.1) is 5.82 Å². The maximum Gasteiger partial charge on any atom is 0.407 e. The summed E-state index contributed by atoms with van der Waals surface area (Å²) < 4.78 is 19.8. The number of hydrogen-bond acceptors (Lipinski definition) is 5. The van der Waals surface area contributed by atoms with Gasteiger partial charge in [-0.3, -0.25) is 4.79 Å². The minimum atomic E-state index is -1.08. The summed E-state index contributed by atoms with van der Waals surface area (Å²) in [6.45, 7) is 6.72. The number of rotatable bonds is 4. The highest BCUT2D eigenvalue weighted by Gasteiger charge is 2.48. The number of thioether (sulfide) groups is 1. The largest absolute Gasteiger partial charge is 0.444 e. The summed E-state index contributed by atoms with van der Waals surface area (Å²) in [7, 11) is 0. The fourth-order valence-corrected chi connectivity index (χ4v) is 4.43. The van der Waals surface area contributed by atoms with Crippen molar-refractivity contribution >= 4 is 28.8 Å². The lowest BCUT2D eigenvalue weighted by Crippen LogP contribution is -2.49. The van der Waals surface area contributed by atoms with Crippen LogP contribution in [0.1, 0.15) is 38.8 Å². The molecule has 2 aromatic rings. The zero-order chi connectivity index (χ0) is 21.9. The summed E-state index contributed by atoms with van der Waals surface area (Å²) in [5.74, 6) is -0.764. The van der Waals surface area contributed by atoms with Crippen molar-refractivity contribution in [2.24, 2.45) is 5.10 Å². The van der Waals surface area contributed by atoms with E-state index in [2.05, 4.69) is 10.4 Å². The van der Waals surface area contributed by atoms with Gasteiger partial charge in [0, 0.05) is 12.5 Å². The fourth-order valence-electron chi connectivity index (χ4n) is 3.06. The molecular formula is C22H24FN3O3S. The lowest BCUT2D eigenvalue weighted by atomic mass is 10.1. The number of halogens is 1. The molecule has 1 unspecified atom stereocenters. The lowest BCUT2D eigenvalue weighted by molar-refractivity contribution is -0.132. The zero-order valence-corrected chi connectivity index (χ0v) is 18.1. The third-order valence-electron chi connectivity index (χ3n) is 4.30. The third-order valence-corrected chi connectivity index (χ3v) is 5.68. The van der Waals surface area contributed by atoms with Gasteiger partial charge in [0.15, 0.2) is 4.87 Å². The summed E-state index contributed by atoms with van der Waals surface area (Å²) in [6.07, 6.45) is -0.610. The van der Waals surface area contributed by atoms with Gasteiger partial charge in [0.25, 0.3) is 0 Å². The minimum Gasteiger partial charge on any atom is -0.444 e. The zero-order valence-electron chi connectivity index (χ0n) is 17.3. The molecule has 1 N–H and O–H groups in total. The molecule has 0 aromatic heterocycles. The Labute approximate surface area is 179 Å². The van der Waals surface area contributed by atoms with E-state index in [-0.39, 0.29) is 12.5 Å². The Morgan fingerprint density at radius 3 is 2.37 bits per heavy atom. The van der Waals surface area contributed by atoms with Gasteiger partial charge in [-0.1, -0.05) is 54.2 Å². The van der Waals surface area contributed by atoms with Crippen LogP contribution >= 0.6 is 11.8 Å². The highest BCUT2D eigenvalue weighted by molar-refractivity contribution is 8.15. The molecule has 0 spiro atoms. The topological polar surface area (TPSA) is 71.0 Å². The SMILES string of the molecule is CC(=O)N1N=C(c2ccccc2F)SC1(CNC(=O)OC(C)(C)C)c1ccccc1. The Hall–Kier alpha value is -2.87. The molecule has 0 aliphatic carbocycles. The van der Waals surface area contributed by atoms with Crippen molar-refractivity contribution < 1.29 is 18.7 Å². The normalized spacial score (nSPS) is 18.7. The van der Waals surface area contributed by atoms with Crippen LogP contribution in [0.2, 0.25) is 0 Å². The van der Waals surface area contributed by atoms with E-state index in [4.69, 9.17) is 4.74 Å². The number of ether oxygens (including phenoxy) is 1. The van der Waals surface area contributed by atoms with Crippen molar-refractivity contribution in [3.63, 3.8) is 0 Å². The van der Waals surface area contributed by atoms with Crippen LogP contribution in [0.3, 0.4) is 0 Å². The molecule has 2 aromatic carbocycles. The van der Waals surface area contributed by atoms with Crippen LogP contribution in [0.15, 0.2) is 59.7 Å². The molecule has 0 fully saturated rings. The molecule has 8 heteroatoms. The number of nitrogens with one attached hydrogen (secondary N) is 1. The molecular weight excluding hydrogens is 405 g/mol. The van der Waals surface area contributed by atoms with Gasteiger partial charge in [0.2, 0.25) is 5.91 Å². The van der Waals surface area contributed by atoms with Crippen molar-refractivity contribution in [2.45, 2.75) is 38.2 Å². The van der Waals surface area contributed by atoms with Crippen molar-refractivity contribution in [3.8, 4) is 0 Å². The van der Waals surface area contributed by atoms with E-state index in [0.717, 1.165) is 5.56 Å². The molecule has 0 bridgehead atoms. The van der Waals surface area contributed by atoms with E-state index in [1.165, 1.54) is 29.8 Å². The lowest BCUT2D eigenvalue weighted by Gasteiger charge is -2.35. The summed E-state index contributed by atoms with van der Waals surface area (Å²) in [5, 5.41) is 8.84. The predicted octanol–water partition coefficient (Wildman–Crippen LogP) is 4.46. The maximum absolute atomic E-state index is 14.4. The number of carbonyl (C=O) groups excluding carboxylic acids is 2. The number of alkyl carbamates (subject to hydrolysis) is 1. The first kappa shape index (κ1) is 21.8. The van der Waals surface area contributed by atoms with Crippen LogP contribution < -0.4 is 5.32 Å². The van der Waals surface area contributed by atoms with Gasteiger partial charge in [0.05, 0.1) is 6.54 Å². The highest BCUT2D eigenvalue weighted by Crippen LogP contribution is 2.47. The monoisotopic (exact) mass is 429 g/mol. The Kier molecular flexibility index (Phi) is 6.17. The van der Waals surface area contributed by atoms with Crippen LogP contribution in [-0.4, -0.2) is 34.2 Å². The molecule has 0 saturated heterocycles. The first-order valence-electron chi connectivity index (χ1n) is 9.48. The van der Waals surface area contributed by atoms with Crippen molar-refractivity contribution in [3.05, 3.63) is 71.5 Å². The molecule has 0 radical (unpaired) electrons. The van der Waals surface area contributed by atoms with E-state index in [1.807, 2.05) is 30.3 Å². The maximum atomic E-state index is 14.4. The molecule has 3 rings (SSSR count). The number of benzene rings is 2. The van der Waals surface area contributed by atoms with Gasteiger partial charge in [-0.15, -0.1) is 0 Å². The number of nitrogens with zero attached hydrogens (tertiary/aromatic N) is 2. The van der Waals surface area contributed by atoms with Crippen LogP contribution in [-0.2, 0) is 14.4 Å². The Morgan fingerprint density at radius 1 is 1.13 bits per heavy atom. The summed E-state index contributed by atoms with van der Waals surface area (Å²) in [4.78, 5) is 23.8. The van der Waals surface area contributed by atoms with E-state index in [0.29, 0.717) is 10.6 Å². The third kappa shape index (κ3) is 4.64. The average Bonchev–Trinajstić information content (AvgIpc) is 3.07. The van der Waals surface area contributed by atoms with Crippen LogP contribution in [0.25, 0.3) is 0 Å². The van der Waals surface area contributed by atoms with Gasteiger partial charge in [-0.05, 0) is 38.5 Å². The van der Waals surface area contributed by atoms with Crippen LogP contribution in [0.5, 0.6) is 0 Å². The van der Waals surface area contributed by atoms with Crippen molar-refractivity contribution in [2.75, 3.05) is 6.54 Å². The van der Waals surface area contributed by atoms with Gasteiger partial charge < -0.3 is 10.1 Å². The Bertz CT molecular complexity index is 975. The van der Waals surface area contributed by atoms with E-state index >= 15 is 0 Å². The first-order valence-corrected chi connectivity index (χ1v) is 10.3. The summed E-state index contributed by atoms with van der Waals surface area (Å²) >= 11 is 1.22. The second-order valence-electron chi connectivity index (χ2n) is 7.82. The van der Waals surface area contributed by atoms with Gasteiger partial charge >= 0.3 is 6.09 Å². The van der Waals surface area contributed by atoms with Crippen LogP contribution in [0.4, 0.5) is 9.18 Å². The number of hydrazone groups is 1. The molecule has 1 aliphatic rings. The van der Waals surface area contributed by atoms with E-state index < -0.39 is 22.4 Å². The fraction of sp³-hybridized carbons (Fsp3) is 0.318. The second kappa shape index (κ2) is 8.47. The van der Waals surface area contributed by atoms with E-state index in [1.54, 1.807) is 39.0 Å². The predicted molar refractivity (Wildman–Crippen MR) is 115 cm³/mol. The van der Waals surface area contributed by atoms with Gasteiger partial charge in [-0.2, -0.15) is 5.10 Å². The first-order chi connectivity index (χ1) is 14.1. The standard InChI is InChI=1S/C22H24FN3O3S/c1-15(27)26-22(16-10-6-5-7-11-16,14-24-20(28)29-21(2,3)4)30-19(25-26)17-12-8-9-13-18(17)23/h5-13H,14H2,1-4H3,(H,24,28). The molecule has 2 amide bonds. The number of hydrogen-bond donors (Lipinski definition) is 1. The van der Waals surface area contributed by atoms with Crippen molar-refractivity contribution in [1.82, 2.24) is 10.3 Å². The molecule has 158 valence electrons. The molecule has 1 heterocycles. The summed E-state index contributed by atoms with van der Waals surface area (Å²) in [5.41, 5.74) is 0.377.